The van der Waals surface area contributed by atoms with Gasteiger partial charge in [-0.25, -0.2) is 4.79 Å². The Hall–Kier alpha value is -2.65. The number of nitrogens with zero attached hydrogens (tertiary/aromatic N) is 2. The molecule has 4 amide bonds. The zero-order valence-electron chi connectivity index (χ0n) is 15.9. The lowest BCUT2D eigenvalue weighted by molar-refractivity contribution is -0.125. The molecular weight excluding hydrogens is 350 g/mol. The topological polar surface area (TPSA) is 103 Å². The lowest BCUT2D eigenvalue weighted by Crippen LogP contribution is -2.49. The summed E-state index contributed by atoms with van der Waals surface area (Å²) in [6, 6.07) is 6.42. The predicted octanol–water partition coefficient (Wildman–Crippen LogP) is 0.238. The van der Waals surface area contributed by atoms with Crippen LogP contribution in [0.25, 0.3) is 0 Å². The highest BCUT2D eigenvalue weighted by molar-refractivity contribution is 5.97. The molecule has 0 aromatic heterocycles. The van der Waals surface area contributed by atoms with Crippen LogP contribution in [0.2, 0.25) is 0 Å². The van der Waals surface area contributed by atoms with E-state index >= 15 is 0 Å². The Bertz CT molecular complexity index is 658. The molecule has 9 nitrogen and oxygen atoms in total. The van der Waals surface area contributed by atoms with Gasteiger partial charge in [0.25, 0.3) is 0 Å². The number of likely N-dealkylation sites (N-methyl/N-ethyl adjacent to an activating group) is 1. The van der Waals surface area contributed by atoms with Crippen LogP contribution in [0.3, 0.4) is 0 Å². The molecule has 0 bridgehead atoms. The zero-order chi connectivity index (χ0) is 19.8. The van der Waals surface area contributed by atoms with Crippen molar-refractivity contribution in [3.8, 4) is 0 Å². The summed E-state index contributed by atoms with van der Waals surface area (Å²) in [6.45, 7) is 4.79. The standard InChI is InChI=1S/C18H27N5O4/c1-13(17(25)21-18(26)19-2)22(3)12-16(24)20-14-4-6-15(7-5-14)23-8-10-27-11-9-23/h4-7,13H,8-12H2,1-3H3,(H,20,24)(H2,19,21,25,26)/t13-/m0/s1. The van der Waals surface area contributed by atoms with Gasteiger partial charge in [-0.1, -0.05) is 0 Å². The van der Waals surface area contributed by atoms with E-state index in [0.717, 1.165) is 32.0 Å². The van der Waals surface area contributed by atoms with E-state index < -0.39 is 18.0 Å². The largest absolute Gasteiger partial charge is 0.378 e. The summed E-state index contributed by atoms with van der Waals surface area (Å²) in [5.41, 5.74) is 1.78. The van der Waals surface area contributed by atoms with Gasteiger partial charge < -0.3 is 20.3 Å². The van der Waals surface area contributed by atoms with E-state index in [1.807, 2.05) is 24.3 Å². The molecule has 27 heavy (non-hydrogen) atoms. The third kappa shape index (κ3) is 6.22. The molecule has 3 N–H and O–H groups in total. The molecule has 1 aromatic carbocycles. The number of benzene rings is 1. The number of hydrogen-bond donors (Lipinski definition) is 3. The van der Waals surface area contributed by atoms with Gasteiger partial charge in [-0.15, -0.1) is 0 Å². The minimum Gasteiger partial charge on any atom is -0.378 e. The summed E-state index contributed by atoms with van der Waals surface area (Å²) < 4.78 is 5.34. The Kier molecular flexibility index (Phi) is 7.56. The zero-order valence-corrected chi connectivity index (χ0v) is 15.9. The number of morpholine rings is 1. The van der Waals surface area contributed by atoms with E-state index in [9.17, 15) is 14.4 Å². The summed E-state index contributed by atoms with van der Waals surface area (Å²) in [6.07, 6.45) is 0. The van der Waals surface area contributed by atoms with Crippen LogP contribution in [0.4, 0.5) is 16.2 Å². The first kappa shape index (κ1) is 20.7. The number of anilines is 2. The van der Waals surface area contributed by atoms with Gasteiger partial charge in [0.05, 0.1) is 25.8 Å². The molecule has 0 unspecified atom stereocenters. The van der Waals surface area contributed by atoms with Crippen molar-refractivity contribution in [3.05, 3.63) is 24.3 Å². The quantitative estimate of drug-likeness (QED) is 0.656. The van der Waals surface area contributed by atoms with Gasteiger partial charge in [0.2, 0.25) is 11.8 Å². The van der Waals surface area contributed by atoms with E-state index in [4.69, 9.17) is 4.74 Å². The third-order valence-electron chi connectivity index (χ3n) is 4.42. The van der Waals surface area contributed by atoms with Crippen molar-refractivity contribution in [2.45, 2.75) is 13.0 Å². The van der Waals surface area contributed by atoms with Crippen LogP contribution in [0, 0.1) is 0 Å². The number of nitrogens with one attached hydrogen (secondary N) is 3. The maximum absolute atomic E-state index is 12.2. The van der Waals surface area contributed by atoms with Crippen molar-refractivity contribution >= 4 is 29.2 Å². The van der Waals surface area contributed by atoms with E-state index in [1.54, 1.807) is 18.9 Å². The Morgan fingerprint density at radius 2 is 1.81 bits per heavy atom. The van der Waals surface area contributed by atoms with E-state index in [-0.39, 0.29) is 12.5 Å². The molecule has 1 atom stereocenters. The first-order chi connectivity index (χ1) is 12.9. The molecule has 1 saturated heterocycles. The highest BCUT2D eigenvalue weighted by Crippen LogP contribution is 2.19. The molecule has 0 saturated carbocycles. The minimum atomic E-state index is -0.628. The minimum absolute atomic E-state index is 0.0214. The Morgan fingerprint density at radius 3 is 2.41 bits per heavy atom. The van der Waals surface area contributed by atoms with Crippen LogP contribution in [0.15, 0.2) is 24.3 Å². The summed E-state index contributed by atoms with van der Waals surface area (Å²) in [7, 11) is 3.07. The molecule has 1 fully saturated rings. The number of hydrogen-bond acceptors (Lipinski definition) is 6. The first-order valence-corrected chi connectivity index (χ1v) is 8.86. The fraction of sp³-hybridized carbons (Fsp3) is 0.500. The molecule has 1 heterocycles. The van der Waals surface area contributed by atoms with Gasteiger partial charge in [0.15, 0.2) is 0 Å². The van der Waals surface area contributed by atoms with Crippen LogP contribution in [0.1, 0.15) is 6.92 Å². The van der Waals surface area contributed by atoms with Crippen molar-refractivity contribution in [2.24, 2.45) is 0 Å². The number of rotatable bonds is 6. The van der Waals surface area contributed by atoms with Crippen molar-refractivity contribution < 1.29 is 19.1 Å². The second-order valence-corrected chi connectivity index (χ2v) is 6.35. The van der Waals surface area contributed by atoms with Gasteiger partial charge >= 0.3 is 6.03 Å². The molecular formula is C18H27N5O4. The second kappa shape index (κ2) is 9.89. The van der Waals surface area contributed by atoms with Crippen LogP contribution >= 0.6 is 0 Å². The predicted molar refractivity (Wildman–Crippen MR) is 103 cm³/mol. The van der Waals surface area contributed by atoms with Crippen LogP contribution in [-0.2, 0) is 14.3 Å². The summed E-state index contributed by atoms with van der Waals surface area (Å²) in [4.78, 5) is 39.1. The summed E-state index contributed by atoms with van der Waals surface area (Å²) in [5.74, 6) is -0.712. The van der Waals surface area contributed by atoms with Gasteiger partial charge in [-0.05, 0) is 38.2 Å². The summed E-state index contributed by atoms with van der Waals surface area (Å²) >= 11 is 0. The monoisotopic (exact) mass is 377 g/mol. The Balaban J connectivity index is 1.83. The molecule has 148 valence electrons. The highest BCUT2D eigenvalue weighted by atomic mass is 16.5. The van der Waals surface area contributed by atoms with E-state index in [2.05, 4.69) is 20.9 Å². The average molecular weight is 377 g/mol. The average Bonchev–Trinajstić information content (AvgIpc) is 2.68. The number of amides is 4. The molecule has 0 radical (unpaired) electrons. The number of ether oxygens (including phenoxy) is 1. The molecule has 0 aliphatic carbocycles. The number of carbonyl (C=O) groups is 3. The molecule has 0 spiro atoms. The van der Waals surface area contributed by atoms with Gasteiger partial charge in [-0.3, -0.25) is 19.8 Å². The highest BCUT2D eigenvalue weighted by Gasteiger charge is 2.21. The molecule has 1 aliphatic heterocycles. The van der Waals surface area contributed by atoms with Gasteiger partial charge in [0.1, 0.15) is 0 Å². The molecule has 1 aromatic rings. The lowest BCUT2D eigenvalue weighted by atomic mass is 10.2. The SMILES string of the molecule is CNC(=O)NC(=O)[C@H](C)N(C)CC(=O)Nc1ccc(N2CCOCC2)cc1. The van der Waals surface area contributed by atoms with Crippen molar-refractivity contribution in [1.29, 1.82) is 0 Å². The molecule has 1 aliphatic rings. The lowest BCUT2D eigenvalue weighted by Gasteiger charge is -2.29. The molecule has 2 rings (SSSR count). The first-order valence-electron chi connectivity index (χ1n) is 8.86. The van der Waals surface area contributed by atoms with Crippen molar-refractivity contribution in [2.75, 3.05) is 57.2 Å². The normalized spacial score (nSPS) is 15.2. The van der Waals surface area contributed by atoms with Crippen LogP contribution in [-0.4, -0.2) is 75.7 Å². The van der Waals surface area contributed by atoms with E-state index in [1.165, 1.54) is 7.05 Å². The van der Waals surface area contributed by atoms with Crippen LogP contribution < -0.4 is 20.9 Å². The second-order valence-electron chi connectivity index (χ2n) is 6.35. The Morgan fingerprint density at radius 1 is 1.19 bits per heavy atom. The number of carbonyl (C=O) groups excluding carboxylic acids is 3. The number of urea groups is 1. The maximum Gasteiger partial charge on any atom is 0.321 e. The van der Waals surface area contributed by atoms with E-state index in [0.29, 0.717) is 5.69 Å². The van der Waals surface area contributed by atoms with Crippen molar-refractivity contribution in [1.82, 2.24) is 15.5 Å². The third-order valence-corrected chi connectivity index (χ3v) is 4.42. The van der Waals surface area contributed by atoms with Gasteiger partial charge in [-0.2, -0.15) is 0 Å². The fourth-order valence-electron chi connectivity index (χ4n) is 2.62. The number of imide groups is 1. The maximum atomic E-state index is 12.2. The smallest absolute Gasteiger partial charge is 0.321 e. The van der Waals surface area contributed by atoms with Crippen molar-refractivity contribution in [3.63, 3.8) is 0 Å². The van der Waals surface area contributed by atoms with Gasteiger partial charge in [0, 0.05) is 31.5 Å². The molecule has 9 heteroatoms. The van der Waals surface area contributed by atoms with Crippen LogP contribution in [0.5, 0.6) is 0 Å². The summed E-state index contributed by atoms with van der Waals surface area (Å²) in [5, 5.41) is 7.32. The fourth-order valence-corrected chi connectivity index (χ4v) is 2.62. The Labute approximate surface area is 159 Å².